The Balaban J connectivity index is 2.13. The first kappa shape index (κ1) is 12.1. The van der Waals surface area contributed by atoms with E-state index in [4.69, 9.17) is 5.26 Å². The van der Waals surface area contributed by atoms with Gasteiger partial charge in [0.15, 0.2) is 0 Å². The van der Waals surface area contributed by atoms with E-state index in [1.807, 2.05) is 0 Å². The van der Waals surface area contributed by atoms with Crippen molar-refractivity contribution in [3.8, 4) is 6.07 Å². The molecule has 0 amide bonds. The first-order valence-electron chi connectivity index (χ1n) is 6.23. The zero-order valence-corrected chi connectivity index (χ0v) is 10.3. The SMILES string of the molecule is CCN1CCN(CC#N)CC1c1ccccc1. The molecule has 0 bridgehead atoms. The fraction of sp³-hybridized carbons (Fsp3) is 0.500. The molecule has 1 heterocycles. The molecule has 3 nitrogen and oxygen atoms in total. The van der Waals surface area contributed by atoms with Crippen LogP contribution < -0.4 is 0 Å². The number of piperazine rings is 1. The molecule has 90 valence electrons. The summed E-state index contributed by atoms with van der Waals surface area (Å²) in [5.41, 5.74) is 1.36. The van der Waals surface area contributed by atoms with Crippen molar-refractivity contribution in [2.75, 3.05) is 32.7 Å². The summed E-state index contributed by atoms with van der Waals surface area (Å²) in [6.07, 6.45) is 0. The first-order valence-corrected chi connectivity index (χ1v) is 6.23. The smallest absolute Gasteiger partial charge is 0.0867 e. The van der Waals surface area contributed by atoms with Gasteiger partial charge in [0.25, 0.3) is 0 Å². The third-order valence-electron chi connectivity index (χ3n) is 3.46. The first-order chi connectivity index (χ1) is 8.35. The van der Waals surface area contributed by atoms with Crippen molar-refractivity contribution in [2.45, 2.75) is 13.0 Å². The minimum Gasteiger partial charge on any atom is -0.294 e. The third-order valence-corrected chi connectivity index (χ3v) is 3.46. The maximum Gasteiger partial charge on any atom is 0.0867 e. The van der Waals surface area contributed by atoms with Gasteiger partial charge in [-0.1, -0.05) is 37.3 Å². The van der Waals surface area contributed by atoms with Crippen LogP contribution in [-0.2, 0) is 0 Å². The summed E-state index contributed by atoms with van der Waals surface area (Å²) in [4.78, 5) is 4.73. The molecule has 0 spiro atoms. The zero-order chi connectivity index (χ0) is 12.1. The molecule has 3 heteroatoms. The van der Waals surface area contributed by atoms with Gasteiger partial charge in [-0.25, -0.2) is 0 Å². The lowest BCUT2D eigenvalue weighted by atomic mass is 10.0. The van der Waals surface area contributed by atoms with E-state index in [0.717, 1.165) is 26.2 Å². The molecule has 1 aliphatic rings. The lowest BCUT2D eigenvalue weighted by molar-refractivity contribution is 0.0870. The molecule has 1 aromatic rings. The number of nitrogens with zero attached hydrogens (tertiary/aromatic N) is 3. The summed E-state index contributed by atoms with van der Waals surface area (Å²) in [5, 5.41) is 8.79. The predicted octanol–water partition coefficient (Wildman–Crippen LogP) is 1.89. The summed E-state index contributed by atoms with van der Waals surface area (Å²) >= 11 is 0. The minimum absolute atomic E-state index is 0.434. The number of likely N-dealkylation sites (N-methyl/N-ethyl adjacent to an activating group) is 1. The molecule has 1 fully saturated rings. The van der Waals surface area contributed by atoms with Crippen molar-refractivity contribution in [1.82, 2.24) is 9.80 Å². The predicted molar refractivity (Wildman–Crippen MR) is 68.5 cm³/mol. The average molecular weight is 229 g/mol. The van der Waals surface area contributed by atoms with Crippen molar-refractivity contribution in [3.63, 3.8) is 0 Å². The molecule has 0 aromatic heterocycles. The van der Waals surface area contributed by atoms with Gasteiger partial charge in [0, 0.05) is 25.7 Å². The molecule has 1 unspecified atom stereocenters. The van der Waals surface area contributed by atoms with Crippen LogP contribution in [0.1, 0.15) is 18.5 Å². The molecule has 2 rings (SSSR count). The topological polar surface area (TPSA) is 30.3 Å². The van der Waals surface area contributed by atoms with Crippen molar-refractivity contribution < 1.29 is 0 Å². The van der Waals surface area contributed by atoms with Crippen LogP contribution in [0.15, 0.2) is 30.3 Å². The summed E-state index contributed by atoms with van der Waals surface area (Å²) in [7, 11) is 0. The average Bonchev–Trinajstić information content (AvgIpc) is 2.40. The van der Waals surface area contributed by atoms with E-state index >= 15 is 0 Å². The summed E-state index contributed by atoms with van der Waals surface area (Å²) in [6.45, 7) is 6.84. The van der Waals surface area contributed by atoms with E-state index in [2.05, 4.69) is 53.1 Å². The second kappa shape index (κ2) is 5.81. The van der Waals surface area contributed by atoms with Crippen molar-refractivity contribution in [1.29, 1.82) is 5.26 Å². The van der Waals surface area contributed by atoms with Crippen molar-refractivity contribution in [2.24, 2.45) is 0 Å². The number of nitriles is 1. The summed E-state index contributed by atoms with van der Waals surface area (Å²) < 4.78 is 0. The number of hydrogen-bond acceptors (Lipinski definition) is 3. The lowest BCUT2D eigenvalue weighted by Crippen LogP contribution is -2.48. The number of hydrogen-bond donors (Lipinski definition) is 0. The van der Waals surface area contributed by atoms with Gasteiger partial charge in [-0.3, -0.25) is 9.80 Å². The Hall–Kier alpha value is -1.37. The van der Waals surface area contributed by atoms with Gasteiger partial charge in [-0.2, -0.15) is 5.26 Å². The van der Waals surface area contributed by atoms with E-state index in [1.165, 1.54) is 5.56 Å². The van der Waals surface area contributed by atoms with Crippen LogP contribution in [0.2, 0.25) is 0 Å². The molecule has 1 saturated heterocycles. The molecule has 1 aliphatic heterocycles. The van der Waals surface area contributed by atoms with Crippen LogP contribution in [0, 0.1) is 11.3 Å². The minimum atomic E-state index is 0.434. The normalized spacial score (nSPS) is 22.2. The van der Waals surface area contributed by atoms with E-state index in [9.17, 15) is 0 Å². The molecule has 0 aliphatic carbocycles. The second-order valence-electron chi connectivity index (χ2n) is 4.45. The van der Waals surface area contributed by atoms with Crippen molar-refractivity contribution >= 4 is 0 Å². The van der Waals surface area contributed by atoms with E-state index in [0.29, 0.717) is 12.6 Å². The Morgan fingerprint density at radius 2 is 2.06 bits per heavy atom. The van der Waals surface area contributed by atoms with Gasteiger partial charge in [0.2, 0.25) is 0 Å². The van der Waals surface area contributed by atoms with Gasteiger partial charge in [0.05, 0.1) is 12.6 Å². The zero-order valence-electron chi connectivity index (χ0n) is 10.3. The van der Waals surface area contributed by atoms with E-state index in [1.54, 1.807) is 0 Å². The molecule has 0 N–H and O–H groups in total. The number of benzene rings is 1. The molecule has 0 saturated carbocycles. The molecular weight excluding hydrogens is 210 g/mol. The molecule has 0 radical (unpaired) electrons. The highest BCUT2D eigenvalue weighted by atomic mass is 15.3. The molecular formula is C14H19N3. The Bertz CT molecular complexity index is 382. The molecule has 1 atom stereocenters. The Kier molecular flexibility index (Phi) is 4.13. The standard InChI is InChI=1S/C14H19N3/c1-2-17-11-10-16(9-8-15)12-14(17)13-6-4-3-5-7-13/h3-7,14H,2,9-12H2,1H3. The Labute approximate surface area is 103 Å². The fourth-order valence-corrected chi connectivity index (χ4v) is 2.49. The van der Waals surface area contributed by atoms with Gasteiger partial charge in [0.1, 0.15) is 0 Å². The van der Waals surface area contributed by atoms with Gasteiger partial charge in [-0.15, -0.1) is 0 Å². The Morgan fingerprint density at radius 1 is 1.29 bits per heavy atom. The van der Waals surface area contributed by atoms with Gasteiger partial charge < -0.3 is 0 Å². The summed E-state index contributed by atoms with van der Waals surface area (Å²) in [6, 6.07) is 13.3. The largest absolute Gasteiger partial charge is 0.294 e. The van der Waals surface area contributed by atoms with Crippen LogP contribution >= 0.6 is 0 Å². The monoisotopic (exact) mass is 229 g/mol. The van der Waals surface area contributed by atoms with Gasteiger partial charge >= 0.3 is 0 Å². The van der Waals surface area contributed by atoms with E-state index in [-0.39, 0.29) is 0 Å². The van der Waals surface area contributed by atoms with Crippen LogP contribution in [0.3, 0.4) is 0 Å². The maximum absolute atomic E-state index is 8.79. The van der Waals surface area contributed by atoms with Crippen LogP contribution in [0.25, 0.3) is 0 Å². The highest BCUT2D eigenvalue weighted by Gasteiger charge is 2.26. The quantitative estimate of drug-likeness (QED) is 0.741. The van der Waals surface area contributed by atoms with Crippen LogP contribution in [-0.4, -0.2) is 42.5 Å². The second-order valence-corrected chi connectivity index (χ2v) is 4.45. The van der Waals surface area contributed by atoms with Gasteiger partial charge in [-0.05, 0) is 12.1 Å². The summed E-state index contributed by atoms with van der Waals surface area (Å²) in [5.74, 6) is 0. The lowest BCUT2D eigenvalue weighted by Gasteiger charge is -2.40. The van der Waals surface area contributed by atoms with Crippen LogP contribution in [0.4, 0.5) is 0 Å². The van der Waals surface area contributed by atoms with Crippen molar-refractivity contribution in [3.05, 3.63) is 35.9 Å². The fourth-order valence-electron chi connectivity index (χ4n) is 2.49. The number of rotatable bonds is 3. The third kappa shape index (κ3) is 2.85. The molecule has 1 aromatic carbocycles. The van der Waals surface area contributed by atoms with Crippen LogP contribution in [0.5, 0.6) is 0 Å². The molecule has 17 heavy (non-hydrogen) atoms. The maximum atomic E-state index is 8.79. The highest BCUT2D eigenvalue weighted by Crippen LogP contribution is 2.24. The Morgan fingerprint density at radius 3 is 2.71 bits per heavy atom. The van der Waals surface area contributed by atoms with E-state index < -0.39 is 0 Å². The highest BCUT2D eigenvalue weighted by molar-refractivity contribution is 5.20.